The third kappa shape index (κ3) is 3.66. The third-order valence-corrected chi connectivity index (χ3v) is 4.18. The number of ether oxygens (including phenoxy) is 1. The lowest BCUT2D eigenvalue weighted by atomic mass is 9.86. The minimum atomic E-state index is -0.799. The number of aryl methyl sites for hydroxylation is 1. The molecule has 1 aliphatic carbocycles. The van der Waals surface area contributed by atoms with E-state index in [2.05, 4.69) is 0 Å². The van der Waals surface area contributed by atoms with Crippen molar-refractivity contribution in [3.05, 3.63) is 28.3 Å². The average Bonchev–Trinajstić information content (AvgIpc) is 2.29. The van der Waals surface area contributed by atoms with Gasteiger partial charge in [-0.25, -0.2) is 0 Å². The Morgan fingerprint density at radius 3 is 2.75 bits per heavy atom. The molecule has 1 atom stereocenters. The topological polar surface area (TPSA) is 46.5 Å². The summed E-state index contributed by atoms with van der Waals surface area (Å²) < 4.78 is 5.88. The maximum Gasteiger partial charge on any atom is 0.306 e. The summed E-state index contributed by atoms with van der Waals surface area (Å²) in [4.78, 5) is 11.0. The van der Waals surface area contributed by atoms with Crippen molar-refractivity contribution in [3.8, 4) is 5.75 Å². The monoisotopic (exact) mass is 296 g/mol. The van der Waals surface area contributed by atoms with Gasteiger partial charge in [-0.2, -0.15) is 0 Å². The number of rotatable bonds is 6. The van der Waals surface area contributed by atoms with E-state index in [9.17, 15) is 4.79 Å². The highest BCUT2D eigenvalue weighted by atomic mass is 35.5. The minimum Gasteiger partial charge on any atom is -0.491 e. The van der Waals surface area contributed by atoms with Gasteiger partial charge in [0.2, 0.25) is 0 Å². The molecular formula is C16H21ClO3. The van der Waals surface area contributed by atoms with E-state index >= 15 is 0 Å². The van der Waals surface area contributed by atoms with E-state index in [1.54, 1.807) is 6.92 Å². The van der Waals surface area contributed by atoms with E-state index in [4.69, 9.17) is 21.4 Å². The Bertz CT molecular complexity index is 495. The average molecular weight is 297 g/mol. The number of hydrogen-bond donors (Lipinski definition) is 1. The quantitative estimate of drug-likeness (QED) is 0.860. The van der Waals surface area contributed by atoms with Crippen LogP contribution in [0.3, 0.4) is 0 Å². The molecule has 1 saturated carbocycles. The van der Waals surface area contributed by atoms with Gasteiger partial charge in [0.1, 0.15) is 5.75 Å². The normalized spacial score (nSPS) is 16.6. The van der Waals surface area contributed by atoms with Gasteiger partial charge in [0.15, 0.2) is 0 Å². The number of benzene rings is 1. The summed E-state index contributed by atoms with van der Waals surface area (Å²) in [5.74, 6) is 0.0425. The maximum absolute atomic E-state index is 11.0. The number of carboxylic acids is 1. The van der Waals surface area contributed by atoms with Crippen molar-refractivity contribution in [3.63, 3.8) is 0 Å². The predicted octanol–water partition coefficient (Wildman–Crippen LogP) is 4.09. The first-order valence-electron chi connectivity index (χ1n) is 7.12. The fourth-order valence-corrected chi connectivity index (χ4v) is 2.74. The number of aliphatic carboxylic acids is 1. The molecule has 1 fully saturated rings. The third-order valence-electron chi connectivity index (χ3n) is 3.90. The number of halogens is 1. The first-order valence-corrected chi connectivity index (χ1v) is 7.49. The Balaban J connectivity index is 2.15. The van der Waals surface area contributed by atoms with Gasteiger partial charge >= 0.3 is 5.97 Å². The van der Waals surface area contributed by atoms with Crippen LogP contribution in [0.4, 0.5) is 0 Å². The van der Waals surface area contributed by atoms with Crippen LogP contribution in [0.15, 0.2) is 12.1 Å². The molecule has 0 aromatic heterocycles. The minimum absolute atomic E-state index is 0.441. The van der Waals surface area contributed by atoms with Crippen LogP contribution in [0, 0.1) is 18.8 Å². The SMILES string of the molecule is Cc1cc(Cl)c(OCC2CCC2)c(CC(C)C(=O)O)c1. The zero-order valence-corrected chi connectivity index (χ0v) is 12.7. The summed E-state index contributed by atoms with van der Waals surface area (Å²) in [6.45, 7) is 4.34. The highest BCUT2D eigenvalue weighted by Gasteiger charge is 2.21. The second-order valence-corrected chi connectivity index (χ2v) is 6.19. The van der Waals surface area contributed by atoms with Crippen LogP contribution in [0.25, 0.3) is 0 Å². The Labute approximate surface area is 124 Å². The van der Waals surface area contributed by atoms with Crippen molar-refractivity contribution < 1.29 is 14.6 Å². The Kier molecular flexibility index (Phi) is 4.92. The lowest BCUT2D eigenvalue weighted by Gasteiger charge is -2.26. The Morgan fingerprint density at radius 2 is 2.20 bits per heavy atom. The van der Waals surface area contributed by atoms with Crippen molar-refractivity contribution in [1.29, 1.82) is 0 Å². The second kappa shape index (κ2) is 6.49. The highest BCUT2D eigenvalue weighted by molar-refractivity contribution is 6.32. The van der Waals surface area contributed by atoms with E-state index in [1.807, 2.05) is 19.1 Å². The van der Waals surface area contributed by atoms with Crippen LogP contribution in [-0.4, -0.2) is 17.7 Å². The molecule has 0 amide bonds. The van der Waals surface area contributed by atoms with Gasteiger partial charge in [0.05, 0.1) is 17.5 Å². The number of hydrogen-bond acceptors (Lipinski definition) is 2. The summed E-state index contributed by atoms with van der Waals surface area (Å²) in [5, 5.41) is 9.64. The molecule has 1 aromatic carbocycles. The summed E-state index contributed by atoms with van der Waals surface area (Å²) in [7, 11) is 0. The van der Waals surface area contributed by atoms with Crippen LogP contribution in [0.5, 0.6) is 5.75 Å². The molecule has 4 heteroatoms. The van der Waals surface area contributed by atoms with Gasteiger partial charge < -0.3 is 9.84 Å². The van der Waals surface area contributed by atoms with Gasteiger partial charge in [0, 0.05) is 0 Å². The first-order chi connectivity index (χ1) is 9.47. The molecule has 20 heavy (non-hydrogen) atoms. The molecule has 0 bridgehead atoms. The standard InChI is InChI=1S/C16H21ClO3/c1-10-6-13(8-11(2)16(18)19)15(14(17)7-10)20-9-12-4-3-5-12/h6-7,11-12H,3-5,8-9H2,1-2H3,(H,18,19). The van der Waals surface area contributed by atoms with Gasteiger partial charge in [-0.1, -0.05) is 31.0 Å². The second-order valence-electron chi connectivity index (χ2n) is 5.79. The van der Waals surface area contributed by atoms with Crippen LogP contribution < -0.4 is 4.74 Å². The molecule has 0 saturated heterocycles. The van der Waals surface area contributed by atoms with Crippen LogP contribution in [-0.2, 0) is 11.2 Å². The van der Waals surface area contributed by atoms with E-state index < -0.39 is 11.9 Å². The molecular weight excluding hydrogens is 276 g/mol. The molecule has 0 radical (unpaired) electrons. The van der Waals surface area contributed by atoms with Gasteiger partial charge in [-0.3, -0.25) is 4.79 Å². The molecule has 0 heterocycles. The Morgan fingerprint density at radius 1 is 1.50 bits per heavy atom. The number of carboxylic acid groups (broad SMARTS) is 1. The van der Waals surface area contributed by atoms with Crippen molar-refractivity contribution in [2.45, 2.75) is 39.5 Å². The molecule has 1 unspecified atom stereocenters. The molecule has 0 spiro atoms. The molecule has 1 N–H and O–H groups in total. The molecule has 0 aliphatic heterocycles. The van der Waals surface area contributed by atoms with Gasteiger partial charge in [0.25, 0.3) is 0 Å². The van der Waals surface area contributed by atoms with Crippen molar-refractivity contribution in [1.82, 2.24) is 0 Å². The summed E-state index contributed by atoms with van der Waals surface area (Å²) in [6.07, 6.45) is 4.14. The fourth-order valence-electron chi connectivity index (χ4n) is 2.39. The summed E-state index contributed by atoms with van der Waals surface area (Å²) in [6, 6.07) is 3.84. The van der Waals surface area contributed by atoms with E-state index in [0.29, 0.717) is 29.7 Å². The molecule has 3 nitrogen and oxygen atoms in total. The number of carbonyl (C=O) groups is 1. The molecule has 1 aliphatic rings. The van der Waals surface area contributed by atoms with E-state index in [0.717, 1.165) is 11.1 Å². The Hall–Kier alpha value is -1.22. The zero-order valence-electron chi connectivity index (χ0n) is 12.0. The summed E-state index contributed by atoms with van der Waals surface area (Å²) >= 11 is 6.27. The molecule has 110 valence electrons. The molecule has 1 aromatic rings. The zero-order chi connectivity index (χ0) is 14.7. The van der Waals surface area contributed by atoms with E-state index in [-0.39, 0.29) is 0 Å². The van der Waals surface area contributed by atoms with Crippen LogP contribution in [0.2, 0.25) is 5.02 Å². The largest absolute Gasteiger partial charge is 0.491 e. The van der Waals surface area contributed by atoms with Crippen molar-refractivity contribution >= 4 is 17.6 Å². The summed E-state index contributed by atoms with van der Waals surface area (Å²) in [5.41, 5.74) is 1.92. The molecule has 2 rings (SSSR count). The van der Waals surface area contributed by atoms with Crippen molar-refractivity contribution in [2.75, 3.05) is 6.61 Å². The lowest BCUT2D eigenvalue weighted by Crippen LogP contribution is -2.20. The van der Waals surface area contributed by atoms with E-state index in [1.165, 1.54) is 19.3 Å². The van der Waals surface area contributed by atoms with Crippen molar-refractivity contribution in [2.24, 2.45) is 11.8 Å². The predicted molar refractivity (Wildman–Crippen MR) is 79.5 cm³/mol. The van der Waals surface area contributed by atoms with Gasteiger partial charge in [-0.15, -0.1) is 0 Å². The van der Waals surface area contributed by atoms with Gasteiger partial charge in [-0.05, 0) is 49.3 Å². The lowest BCUT2D eigenvalue weighted by molar-refractivity contribution is -0.141. The first kappa shape index (κ1) is 15.2. The fraction of sp³-hybridized carbons (Fsp3) is 0.562. The van der Waals surface area contributed by atoms with Crippen LogP contribution >= 0.6 is 11.6 Å². The van der Waals surface area contributed by atoms with Crippen LogP contribution in [0.1, 0.15) is 37.3 Å². The maximum atomic E-state index is 11.0. The highest BCUT2D eigenvalue weighted by Crippen LogP contribution is 2.34. The smallest absolute Gasteiger partial charge is 0.306 e.